The molecule has 0 aliphatic rings. The van der Waals surface area contributed by atoms with Crippen LogP contribution >= 0.6 is 0 Å². The number of carboxylic acids is 1. The summed E-state index contributed by atoms with van der Waals surface area (Å²) < 4.78 is 9.71. The van der Waals surface area contributed by atoms with Gasteiger partial charge in [-0.25, -0.2) is 4.79 Å². The molecule has 0 saturated heterocycles. The van der Waals surface area contributed by atoms with Crippen molar-refractivity contribution in [3.63, 3.8) is 0 Å². The van der Waals surface area contributed by atoms with Crippen LogP contribution in [-0.2, 0) is 19.1 Å². The molecule has 0 spiro atoms. The molecule has 1 unspecified atom stereocenters. The van der Waals surface area contributed by atoms with Crippen molar-refractivity contribution in [3.05, 3.63) is 0 Å². The SMILES string of the molecule is COC(CCC(=O)OC(C)(C)C)C(=O)O. The molecule has 5 nitrogen and oxygen atoms in total. The third-order valence-electron chi connectivity index (χ3n) is 1.59. The first-order valence-electron chi connectivity index (χ1n) is 4.73. The topological polar surface area (TPSA) is 72.8 Å². The Morgan fingerprint density at radius 1 is 1.33 bits per heavy atom. The van der Waals surface area contributed by atoms with Gasteiger partial charge in [-0.2, -0.15) is 0 Å². The van der Waals surface area contributed by atoms with E-state index in [0.29, 0.717) is 0 Å². The predicted molar refractivity (Wildman–Crippen MR) is 53.5 cm³/mol. The Balaban J connectivity index is 3.94. The highest BCUT2D eigenvalue weighted by Crippen LogP contribution is 2.10. The van der Waals surface area contributed by atoms with Crippen LogP contribution in [0.3, 0.4) is 0 Å². The molecule has 5 heteroatoms. The number of aliphatic carboxylic acids is 1. The summed E-state index contributed by atoms with van der Waals surface area (Å²) in [6, 6.07) is 0. The van der Waals surface area contributed by atoms with Crippen molar-refractivity contribution in [1.29, 1.82) is 0 Å². The van der Waals surface area contributed by atoms with Gasteiger partial charge in [0.25, 0.3) is 0 Å². The lowest BCUT2D eigenvalue weighted by Gasteiger charge is -2.19. The van der Waals surface area contributed by atoms with Gasteiger partial charge in [0.1, 0.15) is 5.60 Å². The van der Waals surface area contributed by atoms with Gasteiger partial charge in [0, 0.05) is 13.5 Å². The molecule has 15 heavy (non-hydrogen) atoms. The first-order chi connectivity index (χ1) is 6.76. The van der Waals surface area contributed by atoms with Crippen molar-refractivity contribution in [1.82, 2.24) is 0 Å². The predicted octanol–water partition coefficient (Wildman–Crippen LogP) is 1.21. The second-order valence-corrected chi connectivity index (χ2v) is 4.19. The zero-order valence-electron chi connectivity index (χ0n) is 9.57. The number of esters is 1. The van der Waals surface area contributed by atoms with Gasteiger partial charge in [0.2, 0.25) is 0 Å². The van der Waals surface area contributed by atoms with Gasteiger partial charge >= 0.3 is 11.9 Å². The minimum absolute atomic E-state index is 0.0437. The minimum atomic E-state index is -1.07. The van der Waals surface area contributed by atoms with Crippen LogP contribution in [-0.4, -0.2) is 35.9 Å². The maximum atomic E-state index is 11.2. The van der Waals surface area contributed by atoms with Crippen molar-refractivity contribution in [2.45, 2.75) is 45.3 Å². The Labute approximate surface area is 89.4 Å². The van der Waals surface area contributed by atoms with Crippen LogP contribution < -0.4 is 0 Å². The summed E-state index contributed by atoms with van der Waals surface area (Å²) >= 11 is 0. The lowest BCUT2D eigenvalue weighted by molar-refractivity contribution is -0.157. The number of carbonyl (C=O) groups is 2. The quantitative estimate of drug-likeness (QED) is 0.702. The fourth-order valence-electron chi connectivity index (χ4n) is 0.984. The summed E-state index contributed by atoms with van der Waals surface area (Å²) in [6.07, 6.45) is -0.777. The Morgan fingerprint density at radius 2 is 1.87 bits per heavy atom. The first-order valence-corrected chi connectivity index (χ1v) is 4.73. The Kier molecular flexibility index (Phi) is 5.28. The molecular formula is C10H18O5. The second kappa shape index (κ2) is 5.70. The molecule has 0 aliphatic carbocycles. The Morgan fingerprint density at radius 3 is 2.20 bits per heavy atom. The smallest absolute Gasteiger partial charge is 0.332 e. The summed E-state index contributed by atoms with van der Waals surface area (Å²) in [7, 11) is 1.30. The maximum Gasteiger partial charge on any atom is 0.332 e. The standard InChI is InChI=1S/C10H18O5/c1-10(2,3)15-8(11)6-5-7(14-4)9(12)13/h7H,5-6H2,1-4H3,(H,12,13). The number of carboxylic acid groups (broad SMARTS) is 1. The molecule has 0 saturated carbocycles. The third-order valence-corrected chi connectivity index (χ3v) is 1.59. The van der Waals surface area contributed by atoms with E-state index in [0.717, 1.165) is 0 Å². The molecule has 1 atom stereocenters. The molecule has 0 heterocycles. The van der Waals surface area contributed by atoms with Gasteiger partial charge < -0.3 is 14.6 Å². The van der Waals surface area contributed by atoms with Crippen molar-refractivity contribution in [2.75, 3.05) is 7.11 Å². The molecule has 0 aliphatic heterocycles. The fraction of sp³-hybridized carbons (Fsp3) is 0.800. The number of hydrogen-bond donors (Lipinski definition) is 1. The summed E-state index contributed by atoms with van der Waals surface area (Å²) in [6.45, 7) is 5.28. The number of ether oxygens (including phenoxy) is 2. The van der Waals surface area contributed by atoms with Crippen LogP contribution in [0.15, 0.2) is 0 Å². The summed E-state index contributed by atoms with van der Waals surface area (Å²) in [5.74, 6) is -1.48. The molecular weight excluding hydrogens is 200 g/mol. The van der Waals surface area contributed by atoms with Crippen LogP contribution in [0, 0.1) is 0 Å². The van der Waals surface area contributed by atoms with Gasteiger partial charge in [-0.15, -0.1) is 0 Å². The van der Waals surface area contributed by atoms with Crippen molar-refractivity contribution < 1.29 is 24.2 Å². The molecule has 1 N–H and O–H groups in total. The first kappa shape index (κ1) is 13.9. The van der Waals surface area contributed by atoms with Crippen LogP contribution in [0.25, 0.3) is 0 Å². The zero-order valence-corrected chi connectivity index (χ0v) is 9.57. The van der Waals surface area contributed by atoms with E-state index < -0.39 is 23.6 Å². The molecule has 0 radical (unpaired) electrons. The molecule has 0 aromatic carbocycles. The third kappa shape index (κ3) is 6.90. The van der Waals surface area contributed by atoms with Gasteiger partial charge in [0.05, 0.1) is 0 Å². The Bertz CT molecular complexity index is 228. The van der Waals surface area contributed by atoms with E-state index in [9.17, 15) is 9.59 Å². The monoisotopic (exact) mass is 218 g/mol. The van der Waals surface area contributed by atoms with E-state index in [2.05, 4.69) is 4.74 Å². The number of carbonyl (C=O) groups excluding carboxylic acids is 1. The van der Waals surface area contributed by atoms with Gasteiger partial charge in [-0.3, -0.25) is 4.79 Å². The van der Waals surface area contributed by atoms with Crippen LogP contribution in [0.4, 0.5) is 0 Å². The van der Waals surface area contributed by atoms with Gasteiger partial charge in [0.15, 0.2) is 6.10 Å². The molecule has 0 aromatic heterocycles. The average Bonchev–Trinajstić information content (AvgIpc) is 2.01. The Hall–Kier alpha value is -1.10. The van der Waals surface area contributed by atoms with E-state index in [1.54, 1.807) is 20.8 Å². The molecule has 0 aromatic rings. The molecule has 0 fully saturated rings. The summed E-state index contributed by atoms with van der Waals surface area (Å²) in [5.41, 5.74) is -0.539. The average molecular weight is 218 g/mol. The lowest BCUT2D eigenvalue weighted by Crippen LogP contribution is -2.27. The number of hydrogen-bond acceptors (Lipinski definition) is 4. The van der Waals surface area contributed by atoms with Gasteiger partial charge in [-0.1, -0.05) is 0 Å². The van der Waals surface area contributed by atoms with E-state index in [4.69, 9.17) is 9.84 Å². The van der Waals surface area contributed by atoms with Crippen LogP contribution in [0.2, 0.25) is 0 Å². The van der Waals surface area contributed by atoms with E-state index in [-0.39, 0.29) is 12.8 Å². The van der Waals surface area contributed by atoms with E-state index >= 15 is 0 Å². The van der Waals surface area contributed by atoms with Gasteiger partial charge in [-0.05, 0) is 27.2 Å². The second-order valence-electron chi connectivity index (χ2n) is 4.19. The van der Waals surface area contributed by atoms with E-state index in [1.165, 1.54) is 7.11 Å². The lowest BCUT2D eigenvalue weighted by atomic mass is 10.1. The molecule has 0 rings (SSSR count). The molecule has 88 valence electrons. The maximum absolute atomic E-state index is 11.2. The highest BCUT2D eigenvalue weighted by atomic mass is 16.6. The minimum Gasteiger partial charge on any atom is -0.479 e. The van der Waals surface area contributed by atoms with Crippen molar-refractivity contribution in [3.8, 4) is 0 Å². The molecule has 0 amide bonds. The van der Waals surface area contributed by atoms with Crippen LogP contribution in [0.5, 0.6) is 0 Å². The zero-order chi connectivity index (χ0) is 12.1. The largest absolute Gasteiger partial charge is 0.479 e. The summed E-state index contributed by atoms with van der Waals surface area (Å²) in [4.78, 5) is 21.8. The fourth-order valence-corrected chi connectivity index (χ4v) is 0.984. The normalized spacial score (nSPS) is 13.3. The van der Waals surface area contributed by atoms with Crippen molar-refractivity contribution >= 4 is 11.9 Å². The van der Waals surface area contributed by atoms with Crippen LogP contribution in [0.1, 0.15) is 33.6 Å². The number of methoxy groups -OCH3 is 1. The highest BCUT2D eigenvalue weighted by Gasteiger charge is 2.21. The highest BCUT2D eigenvalue weighted by molar-refractivity contribution is 5.74. The molecule has 0 bridgehead atoms. The van der Waals surface area contributed by atoms with Crippen molar-refractivity contribution in [2.24, 2.45) is 0 Å². The number of rotatable bonds is 5. The van der Waals surface area contributed by atoms with E-state index in [1.807, 2.05) is 0 Å². The summed E-state index contributed by atoms with van der Waals surface area (Å²) in [5, 5.41) is 8.64.